The number of benzene rings is 1. The topological polar surface area (TPSA) is 58.6 Å². The number of hydrogen-bond acceptors (Lipinski definition) is 4. The molecule has 0 radical (unpaired) electrons. The van der Waals surface area contributed by atoms with Gasteiger partial charge >= 0.3 is 5.97 Å². The molecule has 1 aromatic rings. The quantitative estimate of drug-likeness (QED) is 0.758. The van der Waals surface area contributed by atoms with Crippen LogP contribution in [0.25, 0.3) is 0 Å². The van der Waals surface area contributed by atoms with Crippen LogP contribution in [0, 0.1) is 0 Å². The fourth-order valence-corrected chi connectivity index (χ4v) is 2.12. The molecule has 2 rings (SSSR count). The number of ether oxygens (including phenoxy) is 1. The van der Waals surface area contributed by atoms with Crippen molar-refractivity contribution >= 4 is 5.97 Å². The SMILES string of the molecule is COC(=O)c1ccc([C@H]2CC(O)CCN2)cc1. The molecule has 1 heterocycles. The Kier molecular flexibility index (Phi) is 3.76. The number of carbonyl (C=O) groups is 1. The lowest BCUT2D eigenvalue weighted by atomic mass is 9.95. The normalized spacial score (nSPS) is 24.4. The summed E-state index contributed by atoms with van der Waals surface area (Å²) in [5.41, 5.74) is 1.64. The van der Waals surface area contributed by atoms with E-state index in [1.54, 1.807) is 12.1 Å². The van der Waals surface area contributed by atoms with Gasteiger partial charge in [0.15, 0.2) is 0 Å². The van der Waals surface area contributed by atoms with E-state index in [2.05, 4.69) is 10.1 Å². The van der Waals surface area contributed by atoms with E-state index in [9.17, 15) is 9.90 Å². The van der Waals surface area contributed by atoms with Gasteiger partial charge in [0.05, 0.1) is 18.8 Å². The molecule has 0 bridgehead atoms. The summed E-state index contributed by atoms with van der Waals surface area (Å²) in [5, 5.41) is 13.0. The maximum absolute atomic E-state index is 11.3. The molecule has 1 fully saturated rings. The summed E-state index contributed by atoms with van der Waals surface area (Å²) >= 11 is 0. The van der Waals surface area contributed by atoms with Crippen LogP contribution in [-0.4, -0.2) is 30.8 Å². The molecule has 0 spiro atoms. The van der Waals surface area contributed by atoms with E-state index in [4.69, 9.17) is 0 Å². The van der Waals surface area contributed by atoms with Gasteiger partial charge in [-0.3, -0.25) is 0 Å². The van der Waals surface area contributed by atoms with Gasteiger partial charge in [-0.1, -0.05) is 12.1 Å². The Morgan fingerprint density at radius 3 is 2.71 bits per heavy atom. The molecule has 1 aromatic carbocycles. The Bertz CT molecular complexity index is 388. The monoisotopic (exact) mass is 235 g/mol. The summed E-state index contributed by atoms with van der Waals surface area (Å²) in [7, 11) is 1.37. The van der Waals surface area contributed by atoms with Gasteiger partial charge in [0.1, 0.15) is 0 Å². The molecule has 0 aromatic heterocycles. The summed E-state index contributed by atoms with van der Waals surface area (Å²) in [6.07, 6.45) is 1.29. The van der Waals surface area contributed by atoms with Crippen LogP contribution >= 0.6 is 0 Å². The average Bonchev–Trinajstić information content (AvgIpc) is 2.38. The first-order chi connectivity index (χ1) is 8.20. The summed E-state index contributed by atoms with van der Waals surface area (Å²) < 4.78 is 4.64. The van der Waals surface area contributed by atoms with Gasteiger partial charge < -0.3 is 15.2 Å². The van der Waals surface area contributed by atoms with Gasteiger partial charge in [0.25, 0.3) is 0 Å². The lowest BCUT2D eigenvalue weighted by Crippen LogP contribution is -2.34. The van der Waals surface area contributed by atoms with Gasteiger partial charge in [0, 0.05) is 6.04 Å². The highest BCUT2D eigenvalue weighted by molar-refractivity contribution is 5.89. The predicted octanol–water partition coefficient (Wildman–Crippen LogP) is 1.26. The van der Waals surface area contributed by atoms with Crippen molar-refractivity contribution < 1.29 is 14.6 Å². The lowest BCUT2D eigenvalue weighted by molar-refractivity contribution is 0.0600. The molecule has 17 heavy (non-hydrogen) atoms. The van der Waals surface area contributed by atoms with Crippen molar-refractivity contribution in [3.8, 4) is 0 Å². The molecule has 2 N–H and O–H groups in total. The van der Waals surface area contributed by atoms with Crippen LogP contribution in [0.1, 0.15) is 34.8 Å². The number of rotatable bonds is 2. The lowest BCUT2D eigenvalue weighted by Gasteiger charge is -2.27. The van der Waals surface area contributed by atoms with Crippen molar-refractivity contribution in [3.63, 3.8) is 0 Å². The van der Waals surface area contributed by atoms with Gasteiger partial charge in [-0.05, 0) is 37.1 Å². The highest BCUT2D eigenvalue weighted by Gasteiger charge is 2.20. The van der Waals surface area contributed by atoms with Crippen LogP contribution < -0.4 is 5.32 Å². The highest BCUT2D eigenvalue weighted by atomic mass is 16.5. The van der Waals surface area contributed by atoms with Crippen molar-refractivity contribution in [2.75, 3.05) is 13.7 Å². The van der Waals surface area contributed by atoms with Crippen LogP contribution in [-0.2, 0) is 4.74 Å². The average molecular weight is 235 g/mol. The Labute approximate surface area is 101 Å². The number of esters is 1. The van der Waals surface area contributed by atoms with Crippen LogP contribution in [0.3, 0.4) is 0 Å². The third kappa shape index (κ3) is 2.84. The first-order valence-corrected chi connectivity index (χ1v) is 5.80. The number of hydrogen-bond donors (Lipinski definition) is 2. The third-order valence-corrected chi connectivity index (χ3v) is 3.11. The fourth-order valence-electron chi connectivity index (χ4n) is 2.12. The van der Waals surface area contributed by atoms with Crippen LogP contribution in [0.4, 0.5) is 0 Å². The molecule has 1 saturated heterocycles. The summed E-state index contributed by atoms with van der Waals surface area (Å²) in [4.78, 5) is 11.3. The van der Waals surface area contributed by atoms with E-state index in [-0.39, 0.29) is 18.1 Å². The zero-order chi connectivity index (χ0) is 12.3. The van der Waals surface area contributed by atoms with Gasteiger partial charge in [0.2, 0.25) is 0 Å². The van der Waals surface area contributed by atoms with Crippen molar-refractivity contribution in [1.29, 1.82) is 0 Å². The number of carbonyl (C=O) groups excluding carboxylic acids is 1. The van der Waals surface area contributed by atoms with E-state index in [0.29, 0.717) is 5.56 Å². The smallest absolute Gasteiger partial charge is 0.337 e. The van der Waals surface area contributed by atoms with E-state index >= 15 is 0 Å². The molecule has 2 atom stereocenters. The van der Waals surface area contributed by atoms with E-state index in [0.717, 1.165) is 24.9 Å². The summed E-state index contributed by atoms with van der Waals surface area (Å²) in [5.74, 6) is -0.326. The minimum absolute atomic E-state index is 0.172. The van der Waals surface area contributed by atoms with Crippen LogP contribution in [0.5, 0.6) is 0 Å². The Balaban J connectivity index is 2.09. The number of nitrogens with one attached hydrogen (secondary N) is 1. The Morgan fingerprint density at radius 2 is 2.12 bits per heavy atom. The zero-order valence-electron chi connectivity index (χ0n) is 9.85. The molecule has 1 unspecified atom stereocenters. The number of aliphatic hydroxyl groups is 1. The molecule has 1 aliphatic rings. The van der Waals surface area contributed by atoms with E-state index in [1.807, 2.05) is 12.1 Å². The molecule has 0 amide bonds. The second-order valence-electron chi connectivity index (χ2n) is 4.30. The van der Waals surface area contributed by atoms with Gasteiger partial charge in [-0.15, -0.1) is 0 Å². The molecule has 1 aliphatic heterocycles. The fraction of sp³-hybridized carbons (Fsp3) is 0.462. The second kappa shape index (κ2) is 5.29. The third-order valence-electron chi connectivity index (χ3n) is 3.11. The van der Waals surface area contributed by atoms with Gasteiger partial charge in [-0.2, -0.15) is 0 Å². The molecular formula is C13H17NO3. The summed E-state index contributed by atoms with van der Waals surface area (Å²) in [6, 6.07) is 7.49. The largest absolute Gasteiger partial charge is 0.465 e. The maximum Gasteiger partial charge on any atom is 0.337 e. The predicted molar refractivity (Wildman–Crippen MR) is 63.8 cm³/mol. The maximum atomic E-state index is 11.3. The minimum Gasteiger partial charge on any atom is -0.465 e. The van der Waals surface area contributed by atoms with Crippen LogP contribution in [0.2, 0.25) is 0 Å². The van der Waals surface area contributed by atoms with Gasteiger partial charge in [-0.25, -0.2) is 4.79 Å². The van der Waals surface area contributed by atoms with Crippen molar-refractivity contribution in [2.24, 2.45) is 0 Å². The van der Waals surface area contributed by atoms with Crippen molar-refractivity contribution in [1.82, 2.24) is 5.32 Å². The second-order valence-corrected chi connectivity index (χ2v) is 4.30. The molecule has 0 saturated carbocycles. The zero-order valence-corrected chi connectivity index (χ0v) is 9.85. The summed E-state index contributed by atoms with van der Waals surface area (Å²) in [6.45, 7) is 0.824. The minimum atomic E-state index is -0.326. The first kappa shape index (κ1) is 12.1. The molecular weight excluding hydrogens is 218 g/mol. The van der Waals surface area contributed by atoms with Crippen molar-refractivity contribution in [2.45, 2.75) is 25.0 Å². The standard InChI is InChI=1S/C13H17NO3/c1-17-13(16)10-4-2-9(3-5-10)12-8-11(15)6-7-14-12/h2-5,11-12,14-15H,6-8H2,1H3/t11?,12-/m1/s1. The van der Waals surface area contributed by atoms with Crippen molar-refractivity contribution in [3.05, 3.63) is 35.4 Å². The molecule has 4 nitrogen and oxygen atoms in total. The molecule has 4 heteroatoms. The van der Waals surface area contributed by atoms with E-state index < -0.39 is 0 Å². The van der Waals surface area contributed by atoms with Crippen LogP contribution in [0.15, 0.2) is 24.3 Å². The molecule has 0 aliphatic carbocycles. The Morgan fingerprint density at radius 1 is 1.41 bits per heavy atom. The number of methoxy groups -OCH3 is 1. The molecule has 92 valence electrons. The Hall–Kier alpha value is -1.39. The van der Waals surface area contributed by atoms with E-state index in [1.165, 1.54) is 7.11 Å². The number of aliphatic hydroxyl groups excluding tert-OH is 1. The number of piperidine rings is 1. The first-order valence-electron chi connectivity index (χ1n) is 5.80. The highest BCUT2D eigenvalue weighted by Crippen LogP contribution is 2.23.